The molecule has 11 heteroatoms. The van der Waals surface area contributed by atoms with Gasteiger partial charge in [0.2, 0.25) is 5.78 Å². The maximum Gasteiger partial charge on any atom is 0.255 e. The number of phenolic OH excluding ortho intramolecular Hbond substituents is 1. The summed E-state index contributed by atoms with van der Waals surface area (Å²) >= 11 is 0. The number of hydrogen-bond donors (Lipinski definition) is 6. The number of carbonyl (C=O) groups excluding carboxylic acids is 3. The molecule has 0 bridgehead atoms. The van der Waals surface area contributed by atoms with Crippen molar-refractivity contribution in [1.82, 2.24) is 4.90 Å². The second-order valence-electron chi connectivity index (χ2n) is 11.7. The number of benzene rings is 1. The fraction of sp³-hybridized carbons (Fsp3) is 0.567. The van der Waals surface area contributed by atoms with Crippen molar-refractivity contribution in [3.05, 3.63) is 45.4 Å². The van der Waals surface area contributed by atoms with E-state index in [0.717, 1.165) is 50.8 Å². The van der Waals surface area contributed by atoms with Gasteiger partial charge >= 0.3 is 0 Å². The number of aliphatic hydroxyl groups excluding tert-OH is 2. The maximum atomic E-state index is 13.9. The Balaban J connectivity index is 1.57. The highest BCUT2D eigenvalue weighted by Crippen LogP contribution is 2.53. The van der Waals surface area contributed by atoms with E-state index in [4.69, 9.17) is 16.2 Å². The van der Waals surface area contributed by atoms with Gasteiger partial charge < -0.3 is 36.6 Å². The quantitative estimate of drug-likeness (QED) is 0.199. The van der Waals surface area contributed by atoms with Crippen molar-refractivity contribution in [3.8, 4) is 11.5 Å². The number of fused-ring (bicyclic) bond motifs is 3. The third-order valence-electron chi connectivity index (χ3n) is 9.46. The lowest BCUT2D eigenvalue weighted by Gasteiger charge is -2.47. The molecule has 5 atom stereocenters. The first-order chi connectivity index (χ1) is 19.5. The number of rotatable bonds is 8. The SMILES string of the molecule is CCCCCCN1CCC[C@H]1c1cc(O)c2c(c1OC)C[C@H]1C[C@H]3[C@H](N)C(O)=C(C(N)=O)C(=O)[C@@]3(O)C(O)=C1C2=O. The van der Waals surface area contributed by atoms with Gasteiger partial charge in [-0.3, -0.25) is 19.3 Å². The van der Waals surface area contributed by atoms with Crippen LogP contribution in [0.2, 0.25) is 0 Å². The zero-order chi connectivity index (χ0) is 29.8. The van der Waals surface area contributed by atoms with Crippen molar-refractivity contribution in [2.75, 3.05) is 20.2 Å². The number of unbranched alkanes of at least 4 members (excludes halogenated alkanes) is 3. The van der Waals surface area contributed by atoms with Crippen molar-refractivity contribution in [2.24, 2.45) is 23.3 Å². The number of ketones is 2. The molecule has 3 aliphatic carbocycles. The lowest BCUT2D eigenvalue weighted by molar-refractivity contribution is -0.145. The molecule has 8 N–H and O–H groups in total. The number of aliphatic hydroxyl groups is 3. The van der Waals surface area contributed by atoms with Gasteiger partial charge in [0.25, 0.3) is 5.91 Å². The van der Waals surface area contributed by atoms with Crippen molar-refractivity contribution >= 4 is 17.5 Å². The Labute approximate surface area is 238 Å². The summed E-state index contributed by atoms with van der Waals surface area (Å²) < 4.78 is 5.88. The van der Waals surface area contributed by atoms with Gasteiger partial charge in [-0.1, -0.05) is 26.2 Å². The predicted molar refractivity (Wildman–Crippen MR) is 148 cm³/mol. The average Bonchev–Trinajstić information content (AvgIpc) is 3.39. The molecule has 5 rings (SSSR count). The van der Waals surface area contributed by atoms with Gasteiger partial charge in [0.1, 0.15) is 28.6 Å². The summed E-state index contributed by atoms with van der Waals surface area (Å²) in [5, 5.41) is 44.5. The molecule has 1 amide bonds. The van der Waals surface area contributed by atoms with E-state index in [1.54, 1.807) is 6.07 Å². The van der Waals surface area contributed by atoms with Crippen LogP contribution in [0.1, 0.15) is 79.4 Å². The van der Waals surface area contributed by atoms with Crippen LogP contribution in [-0.2, 0) is 16.0 Å². The summed E-state index contributed by atoms with van der Waals surface area (Å²) in [4.78, 5) is 41.4. The van der Waals surface area contributed by atoms with Crippen LogP contribution >= 0.6 is 0 Å². The molecule has 1 saturated heterocycles. The Bertz CT molecular complexity index is 1370. The number of nitrogens with two attached hydrogens (primary N) is 2. The van der Waals surface area contributed by atoms with Crippen LogP contribution in [0.25, 0.3) is 0 Å². The topological polar surface area (TPSA) is 197 Å². The van der Waals surface area contributed by atoms with Crippen LogP contribution in [0.15, 0.2) is 28.7 Å². The molecule has 1 aromatic carbocycles. The minimum atomic E-state index is -2.73. The van der Waals surface area contributed by atoms with Gasteiger partial charge in [-0.05, 0) is 57.2 Å². The molecule has 0 unspecified atom stereocenters. The van der Waals surface area contributed by atoms with E-state index in [9.17, 15) is 34.8 Å². The second-order valence-corrected chi connectivity index (χ2v) is 11.7. The van der Waals surface area contributed by atoms with Crippen molar-refractivity contribution in [2.45, 2.75) is 76.0 Å². The average molecular weight is 570 g/mol. The number of allylic oxidation sites excluding steroid dienone is 1. The zero-order valence-electron chi connectivity index (χ0n) is 23.5. The predicted octanol–water partition coefficient (Wildman–Crippen LogP) is 2.24. The summed E-state index contributed by atoms with van der Waals surface area (Å²) in [5.41, 5.74) is 8.80. The van der Waals surface area contributed by atoms with E-state index in [1.165, 1.54) is 13.5 Å². The highest BCUT2D eigenvalue weighted by molar-refractivity contribution is 6.24. The van der Waals surface area contributed by atoms with E-state index in [2.05, 4.69) is 11.8 Å². The lowest BCUT2D eigenvalue weighted by atomic mass is 9.59. The monoisotopic (exact) mass is 569 g/mol. The molecule has 1 heterocycles. The number of amides is 1. The highest BCUT2D eigenvalue weighted by Gasteiger charge is 2.62. The summed E-state index contributed by atoms with van der Waals surface area (Å²) in [7, 11) is 1.52. The molecule has 1 fully saturated rings. The fourth-order valence-electron chi connectivity index (χ4n) is 7.46. The van der Waals surface area contributed by atoms with Crippen LogP contribution in [0.3, 0.4) is 0 Å². The first-order valence-corrected chi connectivity index (χ1v) is 14.4. The third-order valence-corrected chi connectivity index (χ3v) is 9.46. The van der Waals surface area contributed by atoms with Crippen LogP contribution in [0.5, 0.6) is 11.5 Å². The molecule has 1 aliphatic heterocycles. The minimum Gasteiger partial charge on any atom is -0.510 e. The van der Waals surface area contributed by atoms with Crippen molar-refractivity contribution < 1.29 is 39.5 Å². The molecule has 4 aliphatic rings. The Morgan fingerprint density at radius 2 is 1.93 bits per heavy atom. The number of ether oxygens (including phenoxy) is 1. The van der Waals surface area contributed by atoms with Crippen LogP contribution in [0, 0.1) is 11.8 Å². The zero-order valence-corrected chi connectivity index (χ0v) is 23.5. The Morgan fingerprint density at radius 1 is 1.20 bits per heavy atom. The molecule has 11 nitrogen and oxygen atoms in total. The van der Waals surface area contributed by atoms with Gasteiger partial charge in [-0.15, -0.1) is 0 Å². The number of nitrogens with zero attached hydrogens (tertiary/aromatic N) is 1. The largest absolute Gasteiger partial charge is 0.510 e. The van der Waals surface area contributed by atoms with E-state index in [0.29, 0.717) is 11.3 Å². The highest BCUT2D eigenvalue weighted by atomic mass is 16.5. The first-order valence-electron chi connectivity index (χ1n) is 14.4. The van der Waals surface area contributed by atoms with E-state index in [-0.39, 0.29) is 35.8 Å². The van der Waals surface area contributed by atoms with Crippen LogP contribution in [0.4, 0.5) is 0 Å². The molecular formula is C30H39N3O8. The summed E-state index contributed by atoms with van der Waals surface area (Å²) in [6.45, 7) is 4.02. The molecule has 222 valence electrons. The summed E-state index contributed by atoms with van der Waals surface area (Å²) in [6, 6.07) is 0.177. The minimum absolute atomic E-state index is 0.0124. The number of primary amides is 1. The smallest absolute Gasteiger partial charge is 0.255 e. The molecule has 41 heavy (non-hydrogen) atoms. The van der Waals surface area contributed by atoms with Crippen molar-refractivity contribution in [1.29, 1.82) is 0 Å². The number of methoxy groups -OCH3 is 1. The number of likely N-dealkylation sites (tertiary alicyclic amines) is 1. The maximum absolute atomic E-state index is 13.9. The summed E-state index contributed by atoms with van der Waals surface area (Å²) in [6.07, 6.45) is 6.53. The molecular weight excluding hydrogens is 530 g/mol. The molecule has 0 aromatic heterocycles. The van der Waals surface area contributed by atoms with Crippen LogP contribution < -0.4 is 16.2 Å². The fourth-order valence-corrected chi connectivity index (χ4v) is 7.46. The third kappa shape index (κ3) is 4.33. The van der Waals surface area contributed by atoms with Crippen molar-refractivity contribution in [3.63, 3.8) is 0 Å². The second kappa shape index (κ2) is 10.8. The molecule has 0 saturated carbocycles. The van der Waals surface area contributed by atoms with E-state index < -0.39 is 58.0 Å². The van der Waals surface area contributed by atoms with Gasteiger partial charge in [0.15, 0.2) is 11.4 Å². The number of phenols is 1. The molecule has 0 spiro atoms. The van der Waals surface area contributed by atoms with E-state index >= 15 is 0 Å². The number of Topliss-reactive ketones (excluding diaryl/α,β-unsaturated/α-hetero) is 2. The Kier molecular flexibility index (Phi) is 7.65. The standard InChI is InChI=1S/C30H39N3O8/c1-3-4-5-6-9-33-10-7-8-18(33)15-13-19(34)21-16(26(15)41-2)11-14-12-17-23(31)25(36)22(29(32)39)28(38)30(17,40)27(37)20(14)24(21)35/h13-14,17-18,23,34,36-37,40H,3-12,31H2,1-2H3,(H2,32,39)/t14-,17-,18-,23-,30-/m0/s1. The number of hydrogen-bond acceptors (Lipinski definition) is 10. The Morgan fingerprint density at radius 3 is 2.59 bits per heavy atom. The van der Waals surface area contributed by atoms with E-state index in [1.807, 2.05) is 0 Å². The molecule has 1 aromatic rings. The van der Waals surface area contributed by atoms with Gasteiger partial charge in [0, 0.05) is 28.7 Å². The first kappa shape index (κ1) is 29.1. The van der Waals surface area contributed by atoms with Gasteiger partial charge in [-0.25, -0.2) is 0 Å². The molecule has 0 radical (unpaired) electrons. The number of carbonyl (C=O) groups is 3. The van der Waals surface area contributed by atoms with Gasteiger partial charge in [0.05, 0.1) is 18.7 Å². The summed E-state index contributed by atoms with van der Waals surface area (Å²) in [5.74, 6) is -6.74. The Hall–Kier alpha value is -3.41. The van der Waals surface area contributed by atoms with Gasteiger partial charge in [-0.2, -0.15) is 0 Å². The number of aromatic hydroxyl groups is 1. The van der Waals surface area contributed by atoms with Crippen LogP contribution in [-0.4, -0.2) is 74.6 Å². The normalized spacial score (nSPS) is 29.9. The lowest BCUT2D eigenvalue weighted by Crippen LogP contribution is -2.63.